The number of aryl methyl sites for hydroxylation is 1. The van der Waals surface area contributed by atoms with Gasteiger partial charge in [-0.1, -0.05) is 0 Å². The quantitative estimate of drug-likeness (QED) is 0.684. The molecule has 3 aromatic heterocycles. The molecule has 2 fully saturated rings. The van der Waals surface area contributed by atoms with E-state index in [4.69, 9.17) is 4.98 Å². The molecule has 0 radical (unpaired) electrons. The van der Waals surface area contributed by atoms with E-state index in [1.165, 1.54) is 12.8 Å². The summed E-state index contributed by atoms with van der Waals surface area (Å²) in [6.45, 7) is 7.71. The van der Waals surface area contributed by atoms with Crippen molar-refractivity contribution in [1.82, 2.24) is 29.5 Å². The lowest BCUT2D eigenvalue weighted by molar-refractivity contribution is 0.626. The fourth-order valence-electron chi connectivity index (χ4n) is 3.89. The third-order valence-corrected chi connectivity index (χ3v) is 5.31. The summed E-state index contributed by atoms with van der Waals surface area (Å²) in [6.07, 6.45) is 5.94. The van der Waals surface area contributed by atoms with Gasteiger partial charge >= 0.3 is 0 Å². The normalized spacial score (nSPS) is 17.9. The van der Waals surface area contributed by atoms with Gasteiger partial charge in [0, 0.05) is 57.2 Å². The number of nitrogens with zero attached hydrogens (tertiary/aromatic N) is 9. The number of aromatic nitrogens is 6. The summed E-state index contributed by atoms with van der Waals surface area (Å²) < 4.78 is 1.81. The number of fused-ring (bicyclic) bond motifs is 1. The molecule has 0 amide bonds. The maximum atomic E-state index is 4.82. The molecule has 9 nitrogen and oxygen atoms in total. The van der Waals surface area contributed by atoms with Gasteiger partial charge in [-0.25, -0.2) is 9.97 Å². The van der Waals surface area contributed by atoms with Crippen molar-refractivity contribution >= 4 is 23.4 Å². The van der Waals surface area contributed by atoms with Gasteiger partial charge in [0.25, 0.3) is 5.78 Å². The van der Waals surface area contributed by atoms with E-state index in [2.05, 4.69) is 40.8 Å². The zero-order valence-corrected chi connectivity index (χ0v) is 15.5. The molecule has 2 aliphatic rings. The van der Waals surface area contributed by atoms with E-state index >= 15 is 0 Å². The number of piperazine rings is 1. The molecule has 140 valence electrons. The Morgan fingerprint density at radius 3 is 2.44 bits per heavy atom. The van der Waals surface area contributed by atoms with Crippen LogP contribution in [0.5, 0.6) is 0 Å². The van der Waals surface area contributed by atoms with Crippen LogP contribution in [0.1, 0.15) is 18.5 Å². The highest BCUT2D eigenvalue weighted by atomic mass is 15.4. The van der Waals surface area contributed by atoms with Gasteiger partial charge in [0.2, 0.25) is 5.95 Å². The summed E-state index contributed by atoms with van der Waals surface area (Å²) in [5, 5.41) is 4.33. The lowest BCUT2D eigenvalue weighted by Crippen LogP contribution is -2.47. The molecule has 0 spiro atoms. The summed E-state index contributed by atoms with van der Waals surface area (Å²) in [6, 6.07) is 4.09. The maximum absolute atomic E-state index is 4.82. The summed E-state index contributed by atoms with van der Waals surface area (Å²) in [4.78, 5) is 24.9. The Balaban J connectivity index is 1.33. The molecular weight excluding hydrogens is 342 g/mol. The smallest absolute Gasteiger partial charge is 0.254 e. The first-order valence-corrected chi connectivity index (χ1v) is 9.53. The highest BCUT2D eigenvalue weighted by Crippen LogP contribution is 2.22. The Bertz CT molecular complexity index is 939. The first-order chi connectivity index (χ1) is 13.3. The van der Waals surface area contributed by atoms with E-state index in [1.807, 2.05) is 23.7 Å². The number of anilines is 3. The van der Waals surface area contributed by atoms with Crippen LogP contribution < -0.4 is 14.7 Å². The van der Waals surface area contributed by atoms with E-state index in [0.29, 0.717) is 5.78 Å². The monoisotopic (exact) mass is 365 g/mol. The Kier molecular flexibility index (Phi) is 3.99. The number of hydrogen-bond donors (Lipinski definition) is 0. The molecule has 5 rings (SSSR count). The molecular formula is C18H23N9. The van der Waals surface area contributed by atoms with Gasteiger partial charge in [0.1, 0.15) is 18.0 Å². The molecule has 0 atom stereocenters. The van der Waals surface area contributed by atoms with E-state index in [1.54, 1.807) is 6.33 Å². The lowest BCUT2D eigenvalue weighted by atomic mass is 10.3. The van der Waals surface area contributed by atoms with E-state index in [0.717, 1.165) is 62.5 Å². The molecule has 2 aliphatic heterocycles. The number of hydrogen-bond acceptors (Lipinski definition) is 8. The predicted molar refractivity (Wildman–Crippen MR) is 103 cm³/mol. The van der Waals surface area contributed by atoms with Crippen molar-refractivity contribution in [3.05, 3.63) is 30.4 Å². The van der Waals surface area contributed by atoms with Crippen molar-refractivity contribution in [1.29, 1.82) is 0 Å². The molecule has 2 saturated heterocycles. The Morgan fingerprint density at radius 2 is 1.63 bits per heavy atom. The molecule has 3 aromatic rings. The van der Waals surface area contributed by atoms with Crippen LogP contribution in [0.4, 0.5) is 17.6 Å². The topological polar surface area (TPSA) is 78.6 Å². The second-order valence-corrected chi connectivity index (χ2v) is 7.11. The fourth-order valence-corrected chi connectivity index (χ4v) is 3.89. The first kappa shape index (κ1) is 16.2. The molecule has 0 N–H and O–H groups in total. The fraction of sp³-hybridized carbons (Fsp3) is 0.500. The van der Waals surface area contributed by atoms with Crippen LogP contribution in [0.3, 0.4) is 0 Å². The van der Waals surface area contributed by atoms with Crippen LogP contribution in [0.15, 0.2) is 24.7 Å². The number of rotatable bonds is 3. The Hall–Kier alpha value is -2.97. The van der Waals surface area contributed by atoms with Crippen LogP contribution in [-0.4, -0.2) is 68.8 Å². The lowest BCUT2D eigenvalue weighted by Gasteiger charge is -2.36. The van der Waals surface area contributed by atoms with Crippen LogP contribution in [0, 0.1) is 6.92 Å². The minimum absolute atomic E-state index is 0.647. The van der Waals surface area contributed by atoms with E-state index in [-0.39, 0.29) is 0 Å². The van der Waals surface area contributed by atoms with Crippen LogP contribution >= 0.6 is 0 Å². The van der Waals surface area contributed by atoms with Crippen LogP contribution in [-0.2, 0) is 0 Å². The summed E-state index contributed by atoms with van der Waals surface area (Å²) >= 11 is 0. The van der Waals surface area contributed by atoms with Gasteiger partial charge in [-0.3, -0.25) is 0 Å². The minimum atomic E-state index is 0.647. The summed E-state index contributed by atoms with van der Waals surface area (Å²) in [5.74, 6) is 3.57. The highest BCUT2D eigenvalue weighted by Gasteiger charge is 2.23. The van der Waals surface area contributed by atoms with Crippen molar-refractivity contribution in [2.75, 3.05) is 54.0 Å². The Morgan fingerprint density at radius 1 is 0.852 bits per heavy atom. The molecule has 0 aliphatic carbocycles. The zero-order chi connectivity index (χ0) is 18.2. The average molecular weight is 365 g/mol. The van der Waals surface area contributed by atoms with E-state index in [9.17, 15) is 0 Å². The largest absolute Gasteiger partial charge is 0.356 e. The first-order valence-electron chi connectivity index (χ1n) is 9.53. The predicted octanol–water partition coefficient (Wildman–Crippen LogP) is 1.15. The van der Waals surface area contributed by atoms with Gasteiger partial charge in [0.05, 0.1) is 0 Å². The SMILES string of the molecule is Cc1cc(N2CCN(c3nccc(N4CCCC4)n3)CC2)n2ncnc2n1. The third kappa shape index (κ3) is 3.02. The zero-order valence-electron chi connectivity index (χ0n) is 15.5. The van der Waals surface area contributed by atoms with Crippen molar-refractivity contribution < 1.29 is 0 Å². The van der Waals surface area contributed by atoms with Gasteiger partial charge in [-0.05, 0) is 25.8 Å². The highest BCUT2D eigenvalue weighted by molar-refractivity contribution is 5.50. The average Bonchev–Trinajstić information content (AvgIpc) is 3.39. The van der Waals surface area contributed by atoms with Crippen molar-refractivity contribution in [3.8, 4) is 0 Å². The van der Waals surface area contributed by atoms with Crippen LogP contribution in [0.25, 0.3) is 5.78 Å². The molecule has 0 bridgehead atoms. The molecule has 0 aromatic carbocycles. The van der Waals surface area contributed by atoms with Gasteiger partial charge in [-0.15, -0.1) is 0 Å². The van der Waals surface area contributed by atoms with Crippen molar-refractivity contribution in [3.63, 3.8) is 0 Å². The van der Waals surface area contributed by atoms with E-state index < -0.39 is 0 Å². The Labute approximate surface area is 157 Å². The molecule has 5 heterocycles. The van der Waals surface area contributed by atoms with Gasteiger partial charge < -0.3 is 14.7 Å². The minimum Gasteiger partial charge on any atom is -0.356 e. The van der Waals surface area contributed by atoms with Crippen LogP contribution in [0.2, 0.25) is 0 Å². The summed E-state index contributed by atoms with van der Waals surface area (Å²) in [5.41, 5.74) is 0.953. The second-order valence-electron chi connectivity index (χ2n) is 7.11. The molecule has 0 unspecified atom stereocenters. The molecule has 0 saturated carbocycles. The second kappa shape index (κ2) is 6.64. The maximum Gasteiger partial charge on any atom is 0.254 e. The molecule has 27 heavy (non-hydrogen) atoms. The standard InChI is InChI=1S/C18H23N9/c1-14-12-16(27-18(22-14)20-13-21-27)25-8-10-26(11-9-25)17-19-5-4-15(23-17)24-6-2-3-7-24/h4-5,12-13H,2-3,6-11H2,1H3. The summed E-state index contributed by atoms with van der Waals surface area (Å²) in [7, 11) is 0. The van der Waals surface area contributed by atoms with Gasteiger partial charge in [-0.2, -0.15) is 19.6 Å². The van der Waals surface area contributed by atoms with Gasteiger partial charge in [0.15, 0.2) is 0 Å². The van der Waals surface area contributed by atoms with Crippen molar-refractivity contribution in [2.24, 2.45) is 0 Å². The third-order valence-electron chi connectivity index (χ3n) is 5.31. The van der Waals surface area contributed by atoms with Crippen molar-refractivity contribution in [2.45, 2.75) is 19.8 Å². The molecule has 9 heteroatoms.